The van der Waals surface area contributed by atoms with Crippen molar-refractivity contribution >= 4 is 11.7 Å². The van der Waals surface area contributed by atoms with Gasteiger partial charge in [0.05, 0.1) is 24.1 Å². The topological polar surface area (TPSA) is 101 Å². The van der Waals surface area contributed by atoms with Crippen LogP contribution < -0.4 is 10.6 Å². The fourth-order valence-electron chi connectivity index (χ4n) is 1.57. The molecule has 7 heteroatoms. The Bertz CT molecular complexity index is 497. The normalized spacial score (nSPS) is 10.5. The van der Waals surface area contributed by atoms with E-state index >= 15 is 0 Å². The summed E-state index contributed by atoms with van der Waals surface area (Å²) in [6.07, 6.45) is 3.13. The summed E-state index contributed by atoms with van der Waals surface area (Å²) in [5, 5.41) is 10.3. The number of hydrogen-bond donors (Lipinski definition) is 2. The van der Waals surface area contributed by atoms with E-state index in [0.29, 0.717) is 18.0 Å². The molecule has 0 saturated carbocycles. The van der Waals surface area contributed by atoms with E-state index in [1.807, 2.05) is 6.92 Å². The van der Waals surface area contributed by atoms with Crippen molar-refractivity contribution in [1.29, 1.82) is 0 Å². The van der Waals surface area contributed by atoms with Crippen molar-refractivity contribution < 1.29 is 9.32 Å². The first-order valence-corrected chi connectivity index (χ1v) is 5.07. The first-order chi connectivity index (χ1) is 8.09. The highest BCUT2D eigenvalue weighted by Crippen LogP contribution is 2.19. The molecular weight excluding hydrogens is 222 g/mol. The van der Waals surface area contributed by atoms with Gasteiger partial charge in [-0.2, -0.15) is 5.10 Å². The molecule has 0 radical (unpaired) electrons. The molecule has 0 saturated heterocycles. The van der Waals surface area contributed by atoms with Crippen molar-refractivity contribution in [2.24, 2.45) is 5.73 Å². The summed E-state index contributed by atoms with van der Waals surface area (Å²) in [4.78, 5) is 12.8. The molecule has 0 spiro atoms. The zero-order valence-corrected chi connectivity index (χ0v) is 9.60. The Balaban J connectivity index is 2.28. The van der Waals surface area contributed by atoms with Gasteiger partial charge in [-0.3, -0.25) is 10.00 Å². The molecule has 0 aliphatic carbocycles. The second kappa shape index (κ2) is 4.28. The van der Waals surface area contributed by atoms with Crippen molar-refractivity contribution in [3.63, 3.8) is 0 Å². The molecule has 0 unspecified atom stereocenters. The number of amides is 2. The first kappa shape index (κ1) is 11.2. The molecule has 0 fully saturated rings. The number of aromatic amines is 1. The molecule has 17 heavy (non-hydrogen) atoms. The van der Waals surface area contributed by atoms with E-state index in [2.05, 4.69) is 15.4 Å². The zero-order chi connectivity index (χ0) is 12.4. The smallest absolute Gasteiger partial charge is 0.319 e. The van der Waals surface area contributed by atoms with Gasteiger partial charge in [-0.25, -0.2) is 4.79 Å². The molecule has 2 rings (SSSR count). The third-order valence-corrected chi connectivity index (χ3v) is 2.56. The van der Waals surface area contributed by atoms with Gasteiger partial charge in [0, 0.05) is 11.8 Å². The van der Waals surface area contributed by atoms with Gasteiger partial charge in [0.1, 0.15) is 5.76 Å². The van der Waals surface area contributed by atoms with Crippen LogP contribution in [0.5, 0.6) is 0 Å². The van der Waals surface area contributed by atoms with Crippen LogP contribution in [0.15, 0.2) is 16.9 Å². The molecule has 7 nitrogen and oxygen atoms in total. The number of hydrogen-bond acceptors (Lipinski definition) is 4. The Kier molecular flexibility index (Phi) is 2.82. The largest absolute Gasteiger partial charge is 0.361 e. The molecule has 0 bridgehead atoms. The lowest BCUT2D eigenvalue weighted by Gasteiger charge is -2.17. The number of nitrogens with two attached hydrogens (primary N) is 1. The van der Waals surface area contributed by atoms with Crippen LogP contribution in [0.25, 0.3) is 0 Å². The fraction of sp³-hybridized carbons (Fsp3) is 0.300. The Labute approximate surface area is 97.6 Å². The number of rotatable bonds is 3. The lowest BCUT2D eigenvalue weighted by atomic mass is 10.2. The average molecular weight is 235 g/mol. The number of aromatic nitrogens is 3. The van der Waals surface area contributed by atoms with Gasteiger partial charge in [0.25, 0.3) is 0 Å². The van der Waals surface area contributed by atoms with E-state index in [4.69, 9.17) is 10.3 Å². The van der Waals surface area contributed by atoms with E-state index in [-0.39, 0.29) is 0 Å². The lowest BCUT2D eigenvalue weighted by Crippen LogP contribution is -2.35. The van der Waals surface area contributed by atoms with Crippen LogP contribution in [0, 0.1) is 13.8 Å². The number of primary amides is 1. The Morgan fingerprint density at radius 2 is 2.35 bits per heavy atom. The molecular formula is C10H13N5O2. The van der Waals surface area contributed by atoms with E-state index in [1.165, 1.54) is 11.1 Å². The molecule has 2 heterocycles. The van der Waals surface area contributed by atoms with E-state index in [0.717, 1.165) is 11.3 Å². The Morgan fingerprint density at radius 3 is 2.82 bits per heavy atom. The summed E-state index contributed by atoms with van der Waals surface area (Å²) >= 11 is 0. The van der Waals surface area contributed by atoms with E-state index in [9.17, 15) is 4.79 Å². The van der Waals surface area contributed by atoms with Gasteiger partial charge < -0.3 is 10.3 Å². The van der Waals surface area contributed by atoms with Gasteiger partial charge in [-0.1, -0.05) is 5.16 Å². The third kappa shape index (κ3) is 2.12. The van der Waals surface area contributed by atoms with Gasteiger partial charge in [0.2, 0.25) is 0 Å². The molecule has 0 aliphatic rings. The summed E-state index contributed by atoms with van der Waals surface area (Å²) in [7, 11) is 0. The van der Waals surface area contributed by atoms with Crippen molar-refractivity contribution in [3.05, 3.63) is 29.4 Å². The molecule has 2 amide bonds. The maximum absolute atomic E-state index is 11.4. The van der Waals surface area contributed by atoms with Gasteiger partial charge in [0.15, 0.2) is 0 Å². The molecule has 3 N–H and O–H groups in total. The van der Waals surface area contributed by atoms with Crippen LogP contribution in [-0.4, -0.2) is 21.4 Å². The first-order valence-electron chi connectivity index (χ1n) is 5.07. The SMILES string of the molecule is Cc1noc(C)c1CN(C(N)=O)c1cn[nH]c1. The number of nitrogens with one attached hydrogen (secondary N) is 1. The molecule has 90 valence electrons. The highest BCUT2D eigenvalue weighted by Gasteiger charge is 2.18. The second-order valence-corrected chi connectivity index (χ2v) is 3.68. The molecule has 0 atom stereocenters. The molecule has 0 aliphatic heterocycles. The summed E-state index contributed by atoms with van der Waals surface area (Å²) in [5.41, 5.74) is 7.55. The quantitative estimate of drug-likeness (QED) is 0.831. The van der Waals surface area contributed by atoms with Crippen LogP contribution in [0.1, 0.15) is 17.0 Å². The number of H-pyrrole nitrogens is 1. The maximum atomic E-state index is 11.4. The van der Waals surface area contributed by atoms with Crippen molar-refractivity contribution in [2.75, 3.05) is 4.90 Å². The summed E-state index contributed by atoms with van der Waals surface area (Å²) in [5.74, 6) is 0.678. The number of urea groups is 1. The van der Waals surface area contributed by atoms with Crippen LogP contribution in [0.3, 0.4) is 0 Å². The highest BCUT2D eigenvalue weighted by atomic mass is 16.5. The van der Waals surface area contributed by atoms with E-state index < -0.39 is 6.03 Å². The minimum atomic E-state index is -0.550. The number of aryl methyl sites for hydroxylation is 2. The molecule has 2 aromatic rings. The highest BCUT2D eigenvalue weighted by molar-refractivity contribution is 5.90. The number of carbonyl (C=O) groups is 1. The third-order valence-electron chi connectivity index (χ3n) is 2.56. The average Bonchev–Trinajstić information content (AvgIpc) is 2.88. The zero-order valence-electron chi connectivity index (χ0n) is 9.60. The van der Waals surface area contributed by atoms with Crippen molar-refractivity contribution in [2.45, 2.75) is 20.4 Å². The van der Waals surface area contributed by atoms with Crippen LogP contribution in [-0.2, 0) is 6.54 Å². The Morgan fingerprint density at radius 1 is 1.59 bits per heavy atom. The van der Waals surface area contributed by atoms with Gasteiger partial charge >= 0.3 is 6.03 Å². The van der Waals surface area contributed by atoms with Crippen LogP contribution in [0.2, 0.25) is 0 Å². The lowest BCUT2D eigenvalue weighted by molar-refractivity contribution is 0.253. The second-order valence-electron chi connectivity index (χ2n) is 3.68. The molecule has 0 aromatic carbocycles. The standard InChI is InChI=1S/C10H13N5O2/c1-6-9(7(2)17-14-6)5-15(10(11)16)8-3-12-13-4-8/h3-4H,5H2,1-2H3,(H2,11,16)(H,12,13). The van der Waals surface area contributed by atoms with Gasteiger partial charge in [-0.15, -0.1) is 0 Å². The summed E-state index contributed by atoms with van der Waals surface area (Å²) in [6.45, 7) is 3.93. The predicted octanol–water partition coefficient (Wildman–Crippen LogP) is 1.10. The minimum Gasteiger partial charge on any atom is -0.361 e. The van der Waals surface area contributed by atoms with Crippen molar-refractivity contribution in [1.82, 2.24) is 15.4 Å². The monoisotopic (exact) mass is 235 g/mol. The number of nitrogens with zero attached hydrogens (tertiary/aromatic N) is 3. The summed E-state index contributed by atoms with van der Waals surface area (Å²) < 4.78 is 5.04. The number of anilines is 1. The van der Waals surface area contributed by atoms with Crippen LogP contribution >= 0.6 is 0 Å². The Hall–Kier alpha value is -2.31. The maximum Gasteiger partial charge on any atom is 0.319 e. The van der Waals surface area contributed by atoms with Gasteiger partial charge in [-0.05, 0) is 13.8 Å². The predicted molar refractivity (Wildman–Crippen MR) is 60.3 cm³/mol. The fourth-order valence-corrected chi connectivity index (χ4v) is 1.57. The van der Waals surface area contributed by atoms with Crippen LogP contribution in [0.4, 0.5) is 10.5 Å². The summed E-state index contributed by atoms with van der Waals surface area (Å²) in [6, 6.07) is -0.550. The van der Waals surface area contributed by atoms with E-state index in [1.54, 1.807) is 13.1 Å². The molecule has 2 aromatic heterocycles. The number of carbonyl (C=O) groups excluding carboxylic acids is 1. The van der Waals surface area contributed by atoms with Crippen molar-refractivity contribution in [3.8, 4) is 0 Å². The minimum absolute atomic E-state index is 0.316.